The molecule has 1 saturated carbocycles. The van der Waals surface area contributed by atoms with Crippen LogP contribution in [0.15, 0.2) is 36.0 Å². The largest absolute Gasteiger partial charge is 0.460 e. The van der Waals surface area contributed by atoms with E-state index in [0.717, 1.165) is 18.4 Å². The summed E-state index contributed by atoms with van der Waals surface area (Å²) < 4.78 is 36.6. The third-order valence-corrected chi connectivity index (χ3v) is 13.8. The molecule has 3 aliphatic heterocycles. The number of piperidine rings is 1. The first-order chi connectivity index (χ1) is 29.4. The molecule has 2 N–H and O–H groups in total. The number of hydrogen-bond acceptors (Lipinski definition) is 12. The fraction of sp³-hybridized carbons (Fsp3) is 0.796. The number of rotatable bonds is 10. The van der Waals surface area contributed by atoms with Crippen molar-refractivity contribution < 1.29 is 57.8 Å². The van der Waals surface area contributed by atoms with Crippen molar-refractivity contribution in [2.45, 2.75) is 180 Å². The van der Waals surface area contributed by atoms with E-state index in [-0.39, 0.29) is 67.1 Å². The Hall–Kier alpha value is -2.78. The van der Waals surface area contributed by atoms with Crippen LogP contribution in [0.25, 0.3) is 0 Å². The van der Waals surface area contributed by atoms with Crippen LogP contribution in [0, 0.1) is 35.5 Å². The van der Waals surface area contributed by atoms with Crippen LogP contribution in [-0.4, -0.2) is 128 Å². The molecule has 352 valence electrons. The number of aliphatic hydroxyl groups is 2. The first-order valence-electron chi connectivity index (χ1n) is 23.2. The smallest absolute Gasteiger partial charge is 0.306 e. The van der Waals surface area contributed by atoms with Crippen molar-refractivity contribution in [3.63, 3.8) is 0 Å². The van der Waals surface area contributed by atoms with Gasteiger partial charge in [-0.3, -0.25) is 19.2 Å². The zero-order valence-electron chi connectivity index (χ0n) is 39.3. The van der Waals surface area contributed by atoms with E-state index >= 15 is 0 Å². The molecule has 1 aliphatic carbocycles. The number of aliphatic hydroxyl groups excluding tert-OH is 1. The fourth-order valence-electron chi connectivity index (χ4n) is 10.2. The molecule has 0 aromatic rings. The number of ketones is 2. The van der Waals surface area contributed by atoms with E-state index < -0.39 is 65.9 Å². The molecular weight excluding hydrogens is 795 g/mol. The monoisotopic (exact) mass is 874 g/mol. The lowest BCUT2D eigenvalue weighted by Gasteiger charge is -2.47. The summed E-state index contributed by atoms with van der Waals surface area (Å²) in [4.78, 5) is 56.7. The fourth-order valence-corrected chi connectivity index (χ4v) is 10.2. The molecule has 13 heteroatoms. The predicted octanol–water partition coefficient (Wildman–Crippen LogP) is 6.71. The average molecular weight is 874 g/mol. The average Bonchev–Trinajstić information content (AvgIpc) is 3.22. The molecule has 0 spiro atoms. The lowest BCUT2D eigenvalue weighted by molar-refractivity contribution is -0.302. The molecule has 0 aromatic heterocycles. The maximum Gasteiger partial charge on any atom is 0.306 e. The molecule has 0 aromatic carbocycles. The molecule has 62 heavy (non-hydrogen) atoms. The highest BCUT2D eigenvalue weighted by molar-refractivity contribution is 6.38. The molecule has 2 bridgehead atoms. The Balaban J connectivity index is 1.71. The summed E-state index contributed by atoms with van der Waals surface area (Å²) in [7, 11) is 4.76. The zero-order valence-corrected chi connectivity index (χ0v) is 39.3. The molecule has 3 heterocycles. The summed E-state index contributed by atoms with van der Waals surface area (Å²) in [5.41, 5.74) is 1.45. The standard InChI is InChI=1S/C49H79NO12/c1-12-15-36-22-30(4)21-31(5)23-42(58-10)46-43(59-11)25-33(7)49(56,62-46)47(54)48(55)50-19-14-13-16-37(50)28-60-45(34(8)38(51)27-39(36)52)32(6)24-35-17-18-40(41(26-35)57-9)61-44(53)20-29(2)3/h12,22,24,29-31,33-35,37-38,40-43,45-46,51,56H,1,13-21,23,25-28H2,2-11H3/b32-24?,36-22+. The molecule has 4 rings (SSSR count). The predicted molar refractivity (Wildman–Crippen MR) is 236 cm³/mol. The van der Waals surface area contributed by atoms with Crippen LogP contribution in [0.4, 0.5) is 0 Å². The molecule has 4 aliphatic rings. The van der Waals surface area contributed by atoms with E-state index in [2.05, 4.69) is 19.6 Å². The number of carbonyl (C=O) groups is 4. The second kappa shape index (κ2) is 23.9. The summed E-state index contributed by atoms with van der Waals surface area (Å²) >= 11 is 0. The molecular formula is C49H79NO12. The lowest BCUT2D eigenvalue weighted by Crippen LogP contribution is -2.64. The van der Waals surface area contributed by atoms with Gasteiger partial charge in [-0.2, -0.15) is 0 Å². The first-order valence-corrected chi connectivity index (χ1v) is 23.2. The molecule has 14 unspecified atom stereocenters. The van der Waals surface area contributed by atoms with Crippen LogP contribution in [0.5, 0.6) is 0 Å². The molecule has 2 saturated heterocycles. The molecule has 3 fully saturated rings. The maximum atomic E-state index is 14.3. The summed E-state index contributed by atoms with van der Waals surface area (Å²) in [5, 5.41) is 24.0. The van der Waals surface area contributed by atoms with Crippen molar-refractivity contribution >= 4 is 23.4 Å². The molecule has 1 amide bonds. The number of nitrogens with zero attached hydrogens (tertiary/aromatic N) is 1. The minimum atomic E-state index is -2.40. The SMILES string of the molecule is C=CC/C1=C\C(C)CC(C)CC(OC)C2OC(O)(C(=O)C(=O)N3CCCCC3COC(C(C)=CC3CCC(OC(=O)CC(C)C)C(OC)C3)C(C)C(O)CC1=O)C(C)CC2OC. The number of hydrogen-bond donors (Lipinski definition) is 2. The number of Topliss-reactive ketones (excluding diaryl/α,β-unsaturated/α-hetero) is 2. The molecule has 13 nitrogen and oxygen atoms in total. The van der Waals surface area contributed by atoms with Gasteiger partial charge in [0.1, 0.15) is 12.2 Å². The highest BCUT2D eigenvalue weighted by Gasteiger charge is 2.56. The number of esters is 1. The van der Waals surface area contributed by atoms with Gasteiger partial charge in [0.25, 0.3) is 11.7 Å². The number of fused-ring (bicyclic) bond motifs is 3. The normalized spacial score (nSPS) is 38.7. The van der Waals surface area contributed by atoms with Crippen molar-refractivity contribution in [2.24, 2.45) is 35.5 Å². The molecule has 0 radical (unpaired) electrons. The van der Waals surface area contributed by atoms with Gasteiger partial charge >= 0.3 is 5.97 Å². The van der Waals surface area contributed by atoms with E-state index in [1.165, 1.54) is 4.90 Å². The second-order valence-corrected chi connectivity index (χ2v) is 19.4. The highest BCUT2D eigenvalue weighted by atomic mass is 16.7. The first kappa shape index (κ1) is 51.9. The summed E-state index contributed by atoms with van der Waals surface area (Å²) in [6.45, 7) is 17.9. The molecule has 14 atom stereocenters. The van der Waals surface area contributed by atoms with Crippen LogP contribution < -0.4 is 0 Å². The van der Waals surface area contributed by atoms with Crippen LogP contribution >= 0.6 is 0 Å². The number of methoxy groups -OCH3 is 3. The van der Waals surface area contributed by atoms with Gasteiger partial charge in [0, 0.05) is 52.6 Å². The van der Waals surface area contributed by atoms with E-state index in [0.29, 0.717) is 63.5 Å². The summed E-state index contributed by atoms with van der Waals surface area (Å²) in [6.07, 6.45) is 7.67. The van der Waals surface area contributed by atoms with E-state index in [9.17, 15) is 29.4 Å². The van der Waals surface area contributed by atoms with Crippen LogP contribution in [0.2, 0.25) is 0 Å². The number of amides is 1. The summed E-state index contributed by atoms with van der Waals surface area (Å²) in [5.74, 6) is -5.64. The third kappa shape index (κ3) is 13.4. The zero-order chi connectivity index (χ0) is 45.9. The van der Waals surface area contributed by atoms with Crippen LogP contribution in [0.1, 0.15) is 126 Å². The van der Waals surface area contributed by atoms with Crippen LogP contribution in [0.3, 0.4) is 0 Å². The maximum absolute atomic E-state index is 14.3. The van der Waals surface area contributed by atoms with Gasteiger partial charge in [-0.1, -0.05) is 59.8 Å². The Morgan fingerprint density at radius 3 is 2.27 bits per heavy atom. The van der Waals surface area contributed by atoms with Crippen molar-refractivity contribution in [2.75, 3.05) is 34.5 Å². The van der Waals surface area contributed by atoms with Gasteiger partial charge in [0.2, 0.25) is 5.79 Å². The van der Waals surface area contributed by atoms with E-state index in [1.807, 2.05) is 40.7 Å². The minimum absolute atomic E-state index is 0.0184. The second-order valence-electron chi connectivity index (χ2n) is 19.4. The van der Waals surface area contributed by atoms with Gasteiger partial charge in [0.15, 0.2) is 5.78 Å². The van der Waals surface area contributed by atoms with Gasteiger partial charge in [0.05, 0.1) is 43.2 Å². The van der Waals surface area contributed by atoms with Gasteiger partial charge in [-0.25, -0.2) is 0 Å². The number of carbonyl (C=O) groups excluding carboxylic acids is 4. The van der Waals surface area contributed by atoms with Gasteiger partial charge in [-0.05, 0) is 106 Å². The third-order valence-electron chi connectivity index (χ3n) is 13.8. The Bertz CT molecular complexity index is 1580. The number of allylic oxidation sites excluding steroid dienone is 4. The van der Waals surface area contributed by atoms with Crippen molar-refractivity contribution in [3.05, 3.63) is 36.0 Å². The van der Waals surface area contributed by atoms with E-state index in [4.69, 9.17) is 28.4 Å². The Morgan fingerprint density at radius 2 is 1.63 bits per heavy atom. The quantitative estimate of drug-likeness (QED) is 0.136. The van der Waals surface area contributed by atoms with Gasteiger partial charge < -0.3 is 43.5 Å². The topological polar surface area (TPSA) is 167 Å². The van der Waals surface area contributed by atoms with Crippen molar-refractivity contribution in [1.29, 1.82) is 0 Å². The van der Waals surface area contributed by atoms with Gasteiger partial charge in [-0.15, -0.1) is 6.58 Å². The Labute approximate surface area is 371 Å². The van der Waals surface area contributed by atoms with Crippen molar-refractivity contribution in [3.8, 4) is 0 Å². The minimum Gasteiger partial charge on any atom is -0.460 e. The van der Waals surface area contributed by atoms with Crippen molar-refractivity contribution in [1.82, 2.24) is 4.90 Å². The van der Waals surface area contributed by atoms with E-state index in [1.54, 1.807) is 34.3 Å². The Kier molecular flexibility index (Phi) is 20.0. The van der Waals surface area contributed by atoms with Crippen LogP contribution in [-0.2, 0) is 47.6 Å². The lowest BCUT2D eigenvalue weighted by atomic mass is 9.81. The summed E-state index contributed by atoms with van der Waals surface area (Å²) in [6, 6.07) is -0.495. The Morgan fingerprint density at radius 1 is 0.952 bits per heavy atom. The highest BCUT2D eigenvalue weighted by Crippen LogP contribution is 2.39. The number of ether oxygens (including phenoxy) is 6.